The van der Waals surface area contributed by atoms with Crippen molar-refractivity contribution in [3.63, 3.8) is 0 Å². The summed E-state index contributed by atoms with van der Waals surface area (Å²) < 4.78 is 1.33. The Morgan fingerprint density at radius 1 is 1.29 bits per heavy atom. The quantitative estimate of drug-likeness (QED) is 0.705. The Bertz CT molecular complexity index is 1160. The van der Waals surface area contributed by atoms with Crippen LogP contribution in [-0.4, -0.2) is 26.5 Å². The molecule has 0 bridgehead atoms. The van der Waals surface area contributed by atoms with Crippen LogP contribution in [0.25, 0.3) is 10.2 Å². The van der Waals surface area contributed by atoms with E-state index in [0.717, 1.165) is 36.1 Å². The average Bonchev–Trinajstić information content (AvgIpc) is 3.05. The predicted molar refractivity (Wildman–Crippen MR) is 107 cm³/mol. The number of hydrogen-bond donors (Lipinski definition) is 2. The van der Waals surface area contributed by atoms with Crippen LogP contribution in [0.3, 0.4) is 0 Å². The molecule has 0 aliphatic heterocycles. The summed E-state index contributed by atoms with van der Waals surface area (Å²) in [7, 11) is 0. The predicted octanol–water partition coefficient (Wildman–Crippen LogP) is 2.98. The summed E-state index contributed by atoms with van der Waals surface area (Å²) in [6.07, 6.45) is 5.50. The van der Waals surface area contributed by atoms with E-state index in [2.05, 4.69) is 10.3 Å². The van der Waals surface area contributed by atoms with Gasteiger partial charge in [0.25, 0.3) is 5.56 Å². The number of fused-ring (bicyclic) bond motifs is 3. The van der Waals surface area contributed by atoms with E-state index in [1.54, 1.807) is 24.3 Å². The molecule has 4 rings (SSSR count). The van der Waals surface area contributed by atoms with Gasteiger partial charge in [0.05, 0.1) is 17.3 Å². The minimum Gasteiger partial charge on any atom is -0.478 e. The molecule has 2 N–H and O–H groups in total. The number of rotatable bonds is 4. The largest absolute Gasteiger partial charge is 0.478 e. The number of amides is 1. The Kier molecular flexibility index (Phi) is 4.72. The van der Waals surface area contributed by atoms with E-state index >= 15 is 0 Å². The topological polar surface area (TPSA) is 101 Å². The van der Waals surface area contributed by atoms with Crippen LogP contribution >= 0.6 is 11.3 Å². The molecule has 0 fully saturated rings. The molecule has 1 amide bonds. The maximum Gasteiger partial charge on any atom is 0.335 e. The third-order valence-corrected chi connectivity index (χ3v) is 6.20. The van der Waals surface area contributed by atoms with Crippen molar-refractivity contribution in [2.75, 3.05) is 5.32 Å². The Balaban J connectivity index is 1.58. The monoisotopic (exact) mass is 397 g/mol. The van der Waals surface area contributed by atoms with Gasteiger partial charge < -0.3 is 10.4 Å². The van der Waals surface area contributed by atoms with Crippen LogP contribution in [-0.2, 0) is 24.2 Å². The molecule has 1 aliphatic carbocycles. The number of carboxylic acid groups (broad SMARTS) is 1. The Hall–Kier alpha value is -3.00. The number of carbonyl (C=O) groups excluding carboxylic acids is 1. The molecular formula is C20H19N3O4S. The first kappa shape index (κ1) is 18.4. The molecule has 8 heteroatoms. The van der Waals surface area contributed by atoms with Crippen molar-refractivity contribution in [2.24, 2.45) is 0 Å². The summed E-state index contributed by atoms with van der Waals surface area (Å²) in [5.41, 5.74) is 2.23. The maximum atomic E-state index is 12.9. The second-order valence-corrected chi connectivity index (χ2v) is 8.04. The lowest BCUT2D eigenvalue weighted by Gasteiger charge is -2.11. The molecule has 1 aliphatic rings. The highest BCUT2D eigenvalue weighted by Crippen LogP contribution is 2.33. The van der Waals surface area contributed by atoms with Crippen molar-refractivity contribution in [1.29, 1.82) is 0 Å². The molecular weight excluding hydrogens is 378 g/mol. The van der Waals surface area contributed by atoms with Gasteiger partial charge in [0.15, 0.2) is 0 Å². The van der Waals surface area contributed by atoms with Crippen molar-refractivity contribution < 1.29 is 14.7 Å². The first-order chi connectivity index (χ1) is 13.4. The lowest BCUT2D eigenvalue weighted by Crippen LogP contribution is -2.28. The molecule has 0 unspecified atom stereocenters. The Morgan fingerprint density at radius 3 is 2.82 bits per heavy atom. The molecule has 0 saturated carbocycles. The molecule has 2 aromatic heterocycles. The van der Waals surface area contributed by atoms with Crippen LogP contribution in [0.5, 0.6) is 0 Å². The molecule has 28 heavy (non-hydrogen) atoms. The van der Waals surface area contributed by atoms with E-state index < -0.39 is 5.97 Å². The fourth-order valence-corrected chi connectivity index (χ4v) is 4.79. The first-order valence-corrected chi connectivity index (χ1v) is 9.89. The van der Waals surface area contributed by atoms with Crippen LogP contribution < -0.4 is 10.9 Å². The molecule has 0 spiro atoms. The standard InChI is InChI=1S/C20H19N3O4S/c1-11-8-12(20(26)27)6-7-14(11)22-16(24)9-23-10-21-18-17(19(23)25)13-4-2-3-5-15(13)28-18/h6-8,10H,2-5,9H2,1H3,(H,22,24)(H,26,27). The second kappa shape index (κ2) is 7.20. The number of thiophene rings is 1. The van der Waals surface area contributed by atoms with E-state index in [1.807, 2.05) is 0 Å². The van der Waals surface area contributed by atoms with Crippen molar-refractivity contribution in [2.45, 2.75) is 39.2 Å². The first-order valence-electron chi connectivity index (χ1n) is 9.07. The van der Waals surface area contributed by atoms with Crippen LogP contribution in [0, 0.1) is 6.92 Å². The van der Waals surface area contributed by atoms with Crippen LogP contribution in [0.15, 0.2) is 29.3 Å². The number of anilines is 1. The van der Waals surface area contributed by atoms with E-state index in [-0.39, 0.29) is 23.6 Å². The molecule has 0 saturated heterocycles. The Labute approximate surface area is 164 Å². The zero-order chi connectivity index (χ0) is 19.8. The smallest absolute Gasteiger partial charge is 0.335 e. The zero-order valence-electron chi connectivity index (χ0n) is 15.3. The van der Waals surface area contributed by atoms with Gasteiger partial charge in [0, 0.05) is 10.6 Å². The van der Waals surface area contributed by atoms with Gasteiger partial charge in [0.1, 0.15) is 11.4 Å². The van der Waals surface area contributed by atoms with Gasteiger partial charge in [-0.3, -0.25) is 14.2 Å². The molecule has 2 heterocycles. The SMILES string of the molecule is Cc1cc(C(=O)O)ccc1NC(=O)Cn1cnc2sc3c(c2c1=O)CCCC3. The highest BCUT2D eigenvalue weighted by Gasteiger charge is 2.20. The average molecular weight is 397 g/mol. The van der Waals surface area contributed by atoms with Crippen molar-refractivity contribution in [3.8, 4) is 0 Å². The zero-order valence-corrected chi connectivity index (χ0v) is 16.1. The van der Waals surface area contributed by atoms with Crippen molar-refractivity contribution in [3.05, 3.63) is 56.4 Å². The number of nitrogens with zero attached hydrogens (tertiary/aromatic N) is 2. The number of aryl methyl sites for hydroxylation is 3. The number of carboxylic acids is 1. The van der Waals surface area contributed by atoms with Gasteiger partial charge in [-0.05, 0) is 61.9 Å². The van der Waals surface area contributed by atoms with Gasteiger partial charge in [-0.1, -0.05) is 0 Å². The molecule has 7 nitrogen and oxygen atoms in total. The third-order valence-electron chi connectivity index (χ3n) is 5.00. The minimum absolute atomic E-state index is 0.146. The lowest BCUT2D eigenvalue weighted by molar-refractivity contribution is -0.116. The number of hydrogen-bond acceptors (Lipinski definition) is 5. The summed E-state index contributed by atoms with van der Waals surface area (Å²) in [6.45, 7) is 1.58. The second-order valence-electron chi connectivity index (χ2n) is 6.95. The number of aromatic carboxylic acids is 1. The van der Waals surface area contributed by atoms with Crippen molar-refractivity contribution >= 4 is 39.1 Å². The minimum atomic E-state index is -1.02. The molecule has 1 aromatic carbocycles. The van der Waals surface area contributed by atoms with E-state index in [4.69, 9.17) is 5.11 Å². The summed E-state index contributed by atoms with van der Waals surface area (Å²) in [5.74, 6) is -1.38. The fraction of sp³-hybridized carbons (Fsp3) is 0.300. The van der Waals surface area contributed by atoms with Gasteiger partial charge >= 0.3 is 5.97 Å². The number of carbonyl (C=O) groups is 2. The summed E-state index contributed by atoms with van der Waals surface area (Å²) >= 11 is 1.58. The molecule has 0 atom stereocenters. The van der Waals surface area contributed by atoms with Crippen molar-refractivity contribution in [1.82, 2.24) is 9.55 Å². The van der Waals surface area contributed by atoms with Gasteiger partial charge in [-0.15, -0.1) is 11.3 Å². The summed E-state index contributed by atoms with van der Waals surface area (Å²) in [6, 6.07) is 4.48. The summed E-state index contributed by atoms with van der Waals surface area (Å²) in [4.78, 5) is 42.8. The number of nitrogens with one attached hydrogen (secondary N) is 1. The highest BCUT2D eigenvalue weighted by atomic mass is 32.1. The maximum absolute atomic E-state index is 12.9. The molecule has 0 radical (unpaired) electrons. The van der Waals surface area contributed by atoms with E-state index in [9.17, 15) is 14.4 Å². The van der Waals surface area contributed by atoms with E-state index in [1.165, 1.54) is 27.9 Å². The highest BCUT2D eigenvalue weighted by molar-refractivity contribution is 7.18. The van der Waals surface area contributed by atoms with E-state index in [0.29, 0.717) is 16.6 Å². The Morgan fingerprint density at radius 2 is 2.07 bits per heavy atom. The number of aromatic nitrogens is 2. The molecule has 3 aromatic rings. The van der Waals surface area contributed by atoms with Gasteiger partial charge in [0.2, 0.25) is 5.91 Å². The van der Waals surface area contributed by atoms with Gasteiger partial charge in [-0.25, -0.2) is 9.78 Å². The normalized spacial score (nSPS) is 13.3. The molecule has 144 valence electrons. The third kappa shape index (κ3) is 3.31. The fourth-order valence-electron chi connectivity index (χ4n) is 3.58. The summed E-state index contributed by atoms with van der Waals surface area (Å²) in [5, 5.41) is 12.4. The van der Waals surface area contributed by atoms with Crippen LogP contribution in [0.4, 0.5) is 5.69 Å². The van der Waals surface area contributed by atoms with Gasteiger partial charge in [-0.2, -0.15) is 0 Å². The lowest BCUT2D eigenvalue weighted by atomic mass is 9.97. The number of benzene rings is 1. The van der Waals surface area contributed by atoms with Crippen LogP contribution in [0.1, 0.15) is 39.2 Å². The van der Waals surface area contributed by atoms with Crippen LogP contribution in [0.2, 0.25) is 0 Å².